The highest BCUT2D eigenvalue weighted by Gasteiger charge is 2.43. The van der Waals surface area contributed by atoms with E-state index in [0.29, 0.717) is 42.6 Å². The Kier molecular flexibility index (Phi) is 7.04. The number of halogens is 1. The van der Waals surface area contributed by atoms with Gasteiger partial charge in [-0.25, -0.2) is 9.07 Å². The van der Waals surface area contributed by atoms with Crippen LogP contribution in [0.3, 0.4) is 0 Å². The van der Waals surface area contributed by atoms with Gasteiger partial charge in [-0.1, -0.05) is 42.5 Å². The fourth-order valence-electron chi connectivity index (χ4n) is 4.16. The van der Waals surface area contributed by atoms with Crippen molar-refractivity contribution in [2.45, 2.75) is 19.3 Å². The third-order valence-corrected chi connectivity index (χ3v) is 6.07. The Bertz CT molecular complexity index is 1320. The van der Waals surface area contributed by atoms with E-state index in [1.807, 2.05) is 49.4 Å². The van der Waals surface area contributed by atoms with Gasteiger partial charge < -0.3 is 14.8 Å². The van der Waals surface area contributed by atoms with Gasteiger partial charge in [0.1, 0.15) is 12.4 Å². The second kappa shape index (κ2) is 10.7. The molecule has 8 heteroatoms. The van der Waals surface area contributed by atoms with Gasteiger partial charge in [-0.15, -0.1) is 5.10 Å². The highest BCUT2D eigenvalue weighted by Crippen LogP contribution is 2.47. The fourth-order valence-corrected chi connectivity index (χ4v) is 4.16. The summed E-state index contributed by atoms with van der Waals surface area (Å²) in [4.78, 5) is 17.2. The molecule has 0 radical (unpaired) electrons. The molecule has 1 amide bonds. The Morgan fingerprint density at radius 1 is 1.06 bits per heavy atom. The van der Waals surface area contributed by atoms with Crippen molar-refractivity contribution in [3.63, 3.8) is 0 Å². The molecule has 5 rings (SSSR count). The zero-order valence-electron chi connectivity index (χ0n) is 19.9. The van der Waals surface area contributed by atoms with E-state index in [0.717, 1.165) is 6.42 Å². The summed E-state index contributed by atoms with van der Waals surface area (Å²) < 4.78 is 26.5. The lowest BCUT2D eigenvalue weighted by molar-refractivity contribution is -0.117. The zero-order valence-corrected chi connectivity index (χ0v) is 19.9. The van der Waals surface area contributed by atoms with Crippen molar-refractivity contribution >= 4 is 11.6 Å². The number of nitrogens with one attached hydrogen (secondary N) is 1. The van der Waals surface area contributed by atoms with Crippen LogP contribution in [0.4, 0.5) is 10.1 Å². The van der Waals surface area contributed by atoms with E-state index in [1.165, 1.54) is 17.7 Å². The topological polar surface area (TPSA) is 78.3 Å². The average Bonchev–Trinajstić information content (AvgIpc) is 3.60. The maximum atomic E-state index is 13.9. The number of carbonyl (C=O) groups excluding carboxylic acids is 1. The van der Waals surface area contributed by atoms with Gasteiger partial charge in [-0.3, -0.25) is 4.79 Å². The molecule has 0 saturated heterocycles. The van der Waals surface area contributed by atoms with Gasteiger partial charge in [0, 0.05) is 23.8 Å². The Morgan fingerprint density at radius 3 is 2.61 bits per heavy atom. The van der Waals surface area contributed by atoms with E-state index in [2.05, 4.69) is 27.5 Å². The SMILES string of the molecule is CCOCCOc1nc(-c2cccc(F)c2)n(-c2ccc(NC(=O)C3C[C@H]3c3ccccc3)cc2)n1. The predicted molar refractivity (Wildman–Crippen MR) is 135 cm³/mol. The molecule has 2 atom stereocenters. The van der Waals surface area contributed by atoms with Gasteiger partial charge in [0.25, 0.3) is 0 Å². The van der Waals surface area contributed by atoms with Crippen LogP contribution in [0, 0.1) is 11.7 Å². The maximum Gasteiger partial charge on any atom is 0.336 e. The summed E-state index contributed by atoms with van der Waals surface area (Å²) in [5.41, 5.74) is 3.17. The molecule has 184 valence electrons. The average molecular weight is 487 g/mol. The molecule has 1 saturated carbocycles. The molecular formula is C28H27FN4O3. The molecule has 1 aliphatic rings. The van der Waals surface area contributed by atoms with Gasteiger partial charge in [0.15, 0.2) is 5.82 Å². The summed E-state index contributed by atoms with van der Waals surface area (Å²) >= 11 is 0. The number of amides is 1. The minimum Gasteiger partial charge on any atom is -0.460 e. The minimum absolute atomic E-state index is 0.0154. The number of hydrogen-bond donors (Lipinski definition) is 1. The maximum absolute atomic E-state index is 13.9. The number of anilines is 1. The number of rotatable bonds is 10. The molecule has 1 N–H and O–H groups in total. The summed E-state index contributed by atoms with van der Waals surface area (Å²) in [6.45, 7) is 3.22. The van der Waals surface area contributed by atoms with Crippen LogP contribution in [0.25, 0.3) is 17.1 Å². The monoisotopic (exact) mass is 486 g/mol. The molecule has 7 nitrogen and oxygen atoms in total. The number of carbonyl (C=O) groups is 1. The normalized spacial score (nSPS) is 16.5. The van der Waals surface area contributed by atoms with Gasteiger partial charge >= 0.3 is 6.01 Å². The van der Waals surface area contributed by atoms with Crippen molar-refractivity contribution in [2.75, 3.05) is 25.1 Å². The summed E-state index contributed by atoms with van der Waals surface area (Å²) in [6, 6.07) is 23.8. The number of aromatic nitrogens is 3. The summed E-state index contributed by atoms with van der Waals surface area (Å²) in [6.07, 6.45) is 0.857. The minimum atomic E-state index is -0.368. The molecule has 0 spiro atoms. The van der Waals surface area contributed by atoms with Gasteiger partial charge in [-0.05, 0) is 61.2 Å². The highest BCUT2D eigenvalue weighted by molar-refractivity contribution is 5.95. The third-order valence-electron chi connectivity index (χ3n) is 6.07. The number of ether oxygens (including phenoxy) is 2. The van der Waals surface area contributed by atoms with Crippen LogP contribution >= 0.6 is 0 Å². The molecule has 1 aliphatic carbocycles. The second-order valence-electron chi connectivity index (χ2n) is 8.58. The van der Waals surface area contributed by atoms with Gasteiger partial charge in [0.2, 0.25) is 5.91 Å². The molecule has 0 bridgehead atoms. The lowest BCUT2D eigenvalue weighted by atomic mass is 10.1. The van der Waals surface area contributed by atoms with E-state index in [1.54, 1.807) is 16.8 Å². The van der Waals surface area contributed by atoms with Crippen LogP contribution in [0.5, 0.6) is 6.01 Å². The number of nitrogens with zero attached hydrogens (tertiary/aromatic N) is 3. The van der Waals surface area contributed by atoms with Crippen LogP contribution in [-0.4, -0.2) is 40.5 Å². The Morgan fingerprint density at radius 2 is 1.86 bits per heavy atom. The molecule has 0 aliphatic heterocycles. The molecule has 4 aromatic rings. The summed E-state index contributed by atoms with van der Waals surface area (Å²) in [5.74, 6) is 0.353. The molecule has 1 heterocycles. The van der Waals surface area contributed by atoms with Crippen molar-refractivity contribution < 1.29 is 18.7 Å². The quantitative estimate of drug-likeness (QED) is 0.311. The molecular weight excluding hydrogens is 459 g/mol. The predicted octanol–water partition coefficient (Wildman–Crippen LogP) is 5.23. The zero-order chi connectivity index (χ0) is 24.9. The first kappa shape index (κ1) is 23.7. The first-order valence-electron chi connectivity index (χ1n) is 12.0. The van der Waals surface area contributed by atoms with Crippen LogP contribution in [-0.2, 0) is 9.53 Å². The van der Waals surface area contributed by atoms with Crippen LogP contribution in [0.1, 0.15) is 24.8 Å². The number of hydrogen-bond acceptors (Lipinski definition) is 5. The van der Waals surface area contributed by atoms with Gasteiger partial charge in [0.05, 0.1) is 12.3 Å². The molecule has 36 heavy (non-hydrogen) atoms. The third kappa shape index (κ3) is 5.44. The van der Waals surface area contributed by atoms with E-state index < -0.39 is 0 Å². The summed E-state index contributed by atoms with van der Waals surface area (Å²) in [5, 5.41) is 7.48. The Balaban J connectivity index is 1.32. The smallest absolute Gasteiger partial charge is 0.336 e. The first-order valence-corrected chi connectivity index (χ1v) is 12.0. The van der Waals surface area contributed by atoms with Crippen LogP contribution < -0.4 is 10.1 Å². The number of benzene rings is 3. The standard InChI is InChI=1S/C28H27FN4O3/c1-2-35-15-16-36-28-31-26(20-9-6-10-21(29)17-20)33(32-28)23-13-11-22(12-14-23)30-27(34)25-18-24(25)19-7-4-3-5-8-19/h3-14,17,24-25H,2,15-16,18H2,1H3,(H,30,34)/t24-,25?/m0/s1. The largest absolute Gasteiger partial charge is 0.460 e. The van der Waals surface area contributed by atoms with Crippen molar-refractivity contribution in [2.24, 2.45) is 5.92 Å². The van der Waals surface area contributed by atoms with Crippen LogP contribution in [0.15, 0.2) is 78.9 Å². The first-order chi connectivity index (χ1) is 17.6. The molecule has 1 fully saturated rings. The lowest BCUT2D eigenvalue weighted by Gasteiger charge is -2.09. The molecule has 3 aromatic carbocycles. The van der Waals surface area contributed by atoms with Crippen LogP contribution in [0.2, 0.25) is 0 Å². The van der Waals surface area contributed by atoms with E-state index in [-0.39, 0.29) is 29.6 Å². The van der Waals surface area contributed by atoms with Crippen molar-refractivity contribution in [1.82, 2.24) is 14.8 Å². The van der Waals surface area contributed by atoms with Gasteiger partial charge in [-0.2, -0.15) is 4.98 Å². The summed E-state index contributed by atoms with van der Waals surface area (Å²) in [7, 11) is 0. The second-order valence-corrected chi connectivity index (χ2v) is 8.58. The van der Waals surface area contributed by atoms with E-state index in [9.17, 15) is 9.18 Å². The van der Waals surface area contributed by atoms with Crippen molar-refractivity contribution in [3.05, 3.63) is 90.2 Å². The molecule has 1 unspecified atom stereocenters. The van der Waals surface area contributed by atoms with Crippen molar-refractivity contribution in [1.29, 1.82) is 0 Å². The van der Waals surface area contributed by atoms with E-state index >= 15 is 0 Å². The van der Waals surface area contributed by atoms with Crippen molar-refractivity contribution in [3.8, 4) is 23.1 Å². The Labute approximate surface area is 208 Å². The Hall–Kier alpha value is -4.04. The highest BCUT2D eigenvalue weighted by atomic mass is 19.1. The molecule has 1 aromatic heterocycles. The lowest BCUT2D eigenvalue weighted by Crippen LogP contribution is -2.14. The van der Waals surface area contributed by atoms with E-state index in [4.69, 9.17) is 9.47 Å². The fraction of sp³-hybridized carbons (Fsp3) is 0.250.